The molecule has 0 aliphatic carbocycles. The number of carbonyl (C=O) groups excluding carboxylic acids is 3. The van der Waals surface area contributed by atoms with Crippen LogP contribution in [0, 0.1) is 5.82 Å². The first kappa shape index (κ1) is 19.4. The predicted octanol–water partition coefficient (Wildman–Crippen LogP) is 1.61. The van der Waals surface area contributed by atoms with E-state index in [9.17, 15) is 18.8 Å². The molecule has 0 radical (unpaired) electrons. The molecule has 0 heterocycles. The van der Waals surface area contributed by atoms with E-state index in [1.165, 1.54) is 19.2 Å². The van der Waals surface area contributed by atoms with Gasteiger partial charge in [0, 0.05) is 18.3 Å². The van der Waals surface area contributed by atoms with Crippen molar-refractivity contribution < 1.29 is 18.8 Å². The normalized spacial score (nSPS) is 12.1. The molecule has 8 heteroatoms. The largest absolute Gasteiger partial charge is 0.355 e. The van der Waals surface area contributed by atoms with Gasteiger partial charge in [-0.2, -0.15) is 0 Å². The zero-order chi connectivity index (χ0) is 18.5. The fourth-order valence-corrected chi connectivity index (χ4v) is 1.82. The number of hydrogen-bond acceptors (Lipinski definition) is 3. The van der Waals surface area contributed by atoms with Crippen LogP contribution in [-0.2, 0) is 4.79 Å². The van der Waals surface area contributed by atoms with Crippen molar-refractivity contribution in [2.45, 2.75) is 39.3 Å². The molecule has 0 unspecified atom stereocenters. The minimum atomic E-state index is -0.761. The Morgan fingerprint density at radius 2 is 1.79 bits per heavy atom. The van der Waals surface area contributed by atoms with Crippen LogP contribution in [0.3, 0.4) is 0 Å². The molecule has 1 atom stereocenters. The maximum absolute atomic E-state index is 13.6. The van der Waals surface area contributed by atoms with Crippen LogP contribution in [0.25, 0.3) is 0 Å². The molecule has 1 rings (SSSR count). The highest BCUT2D eigenvalue weighted by Crippen LogP contribution is 2.14. The van der Waals surface area contributed by atoms with Gasteiger partial charge in [-0.15, -0.1) is 0 Å². The second-order valence-corrected chi connectivity index (χ2v) is 6.33. The van der Waals surface area contributed by atoms with E-state index in [0.29, 0.717) is 0 Å². The van der Waals surface area contributed by atoms with Crippen LogP contribution in [0.15, 0.2) is 18.2 Å². The molecular formula is C16H23FN4O3. The Balaban J connectivity index is 2.72. The van der Waals surface area contributed by atoms with Crippen LogP contribution in [0.5, 0.6) is 0 Å². The van der Waals surface area contributed by atoms with E-state index in [1.807, 2.05) is 20.8 Å². The summed E-state index contributed by atoms with van der Waals surface area (Å²) in [6.07, 6.45) is 0. The second-order valence-electron chi connectivity index (χ2n) is 6.33. The first-order valence-electron chi connectivity index (χ1n) is 7.44. The Labute approximate surface area is 140 Å². The number of nitrogens with one attached hydrogen (secondary N) is 4. The lowest BCUT2D eigenvalue weighted by atomic mass is 10.1. The summed E-state index contributed by atoms with van der Waals surface area (Å²) in [4.78, 5) is 35.4. The first-order chi connectivity index (χ1) is 11.0. The molecule has 24 heavy (non-hydrogen) atoms. The summed E-state index contributed by atoms with van der Waals surface area (Å²) < 4.78 is 13.6. The number of hydrogen-bond donors (Lipinski definition) is 4. The molecule has 7 nitrogen and oxygen atoms in total. The van der Waals surface area contributed by atoms with Gasteiger partial charge in [0.25, 0.3) is 5.91 Å². The third-order valence-corrected chi connectivity index (χ3v) is 2.94. The van der Waals surface area contributed by atoms with Crippen LogP contribution >= 0.6 is 0 Å². The minimum Gasteiger partial charge on any atom is -0.355 e. The molecule has 0 spiro atoms. The van der Waals surface area contributed by atoms with E-state index in [-0.39, 0.29) is 17.2 Å². The molecule has 1 aromatic rings. The Bertz CT molecular complexity index is 641. The van der Waals surface area contributed by atoms with Gasteiger partial charge >= 0.3 is 6.03 Å². The average molecular weight is 338 g/mol. The quantitative estimate of drug-likeness (QED) is 0.671. The Hall–Kier alpha value is -2.64. The maximum Gasteiger partial charge on any atom is 0.319 e. The van der Waals surface area contributed by atoms with E-state index in [0.717, 1.165) is 6.07 Å². The fourth-order valence-electron chi connectivity index (χ4n) is 1.82. The lowest BCUT2D eigenvalue weighted by Gasteiger charge is -2.23. The SMILES string of the molecule is CNC(=O)c1cc(NC(=O)N[C@@H](C)C(=O)NC(C)(C)C)ccc1F. The third-order valence-electron chi connectivity index (χ3n) is 2.94. The van der Waals surface area contributed by atoms with Gasteiger partial charge in [-0.25, -0.2) is 9.18 Å². The Morgan fingerprint density at radius 1 is 1.17 bits per heavy atom. The highest BCUT2D eigenvalue weighted by atomic mass is 19.1. The van der Waals surface area contributed by atoms with Crippen LogP contribution < -0.4 is 21.3 Å². The summed E-state index contributed by atoms with van der Waals surface area (Å²) in [5, 5.41) is 9.99. The van der Waals surface area contributed by atoms with Gasteiger partial charge in [-0.05, 0) is 45.9 Å². The average Bonchev–Trinajstić information content (AvgIpc) is 2.46. The molecule has 0 fully saturated rings. The smallest absolute Gasteiger partial charge is 0.319 e. The minimum absolute atomic E-state index is 0.186. The van der Waals surface area contributed by atoms with Crippen LogP contribution in [0.1, 0.15) is 38.1 Å². The van der Waals surface area contributed by atoms with Crippen molar-refractivity contribution in [2.24, 2.45) is 0 Å². The lowest BCUT2D eigenvalue weighted by molar-refractivity contribution is -0.123. The monoisotopic (exact) mass is 338 g/mol. The van der Waals surface area contributed by atoms with Gasteiger partial charge in [-0.3, -0.25) is 9.59 Å². The van der Waals surface area contributed by atoms with Crippen LogP contribution in [0.2, 0.25) is 0 Å². The molecule has 0 saturated heterocycles. The standard InChI is InChI=1S/C16H23FN4O3/c1-9(13(22)21-16(2,3)4)19-15(24)20-10-6-7-12(17)11(8-10)14(23)18-5/h6-9H,1-5H3,(H,18,23)(H,21,22)(H2,19,20,24)/t9-/m0/s1. The summed E-state index contributed by atoms with van der Waals surface area (Å²) in [6, 6.07) is 2.22. The van der Waals surface area contributed by atoms with Gasteiger partial charge in [0.1, 0.15) is 11.9 Å². The molecule has 0 aromatic heterocycles. The molecule has 4 amide bonds. The number of amides is 4. The number of benzene rings is 1. The first-order valence-corrected chi connectivity index (χ1v) is 7.44. The van der Waals surface area contributed by atoms with Crippen molar-refractivity contribution in [1.29, 1.82) is 0 Å². The van der Waals surface area contributed by atoms with Crippen LogP contribution in [-0.4, -0.2) is 36.5 Å². The Kier molecular flexibility index (Phi) is 6.27. The fraction of sp³-hybridized carbons (Fsp3) is 0.438. The molecule has 0 aliphatic rings. The highest BCUT2D eigenvalue weighted by Gasteiger charge is 2.21. The topological polar surface area (TPSA) is 99.3 Å². The molecule has 0 bridgehead atoms. The van der Waals surface area contributed by atoms with Gasteiger partial charge in [0.15, 0.2) is 0 Å². The van der Waals surface area contributed by atoms with Crippen molar-refractivity contribution in [3.8, 4) is 0 Å². The summed E-state index contributed by atoms with van der Waals surface area (Å²) in [7, 11) is 1.38. The van der Waals surface area contributed by atoms with E-state index in [1.54, 1.807) is 6.92 Å². The summed E-state index contributed by atoms with van der Waals surface area (Å²) in [6.45, 7) is 7.03. The molecule has 1 aromatic carbocycles. The number of carbonyl (C=O) groups is 3. The van der Waals surface area contributed by atoms with Gasteiger partial charge in [-0.1, -0.05) is 0 Å². The summed E-state index contributed by atoms with van der Waals surface area (Å²) >= 11 is 0. The van der Waals surface area contributed by atoms with Crippen molar-refractivity contribution in [2.75, 3.05) is 12.4 Å². The molecule has 4 N–H and O–H groups in total. The van der Waals surface area contributed by atoms with Crippen molar-refractivity contribution in [3.63, 3.8) is 0 Å². The van der Waals surface area contributed by atoms with Crippen molar-refractivity contribution in [3.05, 3.63) is 29.6 Å². The van der Waals surface area contributed by atoms with E-state index >= 15 is 0 Å². The summed E-state index contributed by atoms with van der Waals surface area (Å²) in [5.41, 5.74) is -0.368. The zero-order valence-electron chi connectivity index (χ0n) is 14.4. The zero-order valence-corrected chi connectivity index (χ0v) is 14.4. The van der Waals surface area contributed by atoms with Crippen LogP contribution in [0.4, 0.5) is 14.9 Å². The van der Waals surface area contributed by atoms with E-state index in [2.05, 4.69) is 21.3 Å². The lowest BCUT2D eigenvalue weighted by Crippen LogP contribution is -2.51. The molecule has 0 aliphatic heterocycles. The van der Waals surface area contributed by atoms with E-state index in [4.69, 9.17) is 0 Å². The van der Waals surface area contributed by atoms with Crippen molar-refractivity contribution in [1.82, 2.24) is 16.0 Å². The number of halogens is 1. The predicted molar refractivity (Wildman–Crippen MR) is 89.3 cm³/mol. The van der Waals surface area contributed by atoms with Gasteiger partial charge in [0.05, 0.1) is 5.56 Å². The highest BCUT2D eigenvalue weighted by molar-refractivity contribution is 5.97. The van der Waals surface area contributed by atoms with Gasteiger partial charge < -0.3 is 21.3 Å². The van der Waals surface area contributed by atoms with E-state index < -0.39 is 29.3 Å². The maximum atomic E-state index is 13.6. The molecule has 132 valence electrons. The third kappa shape index (κ3) is 5.86. The number of urea groups is 1. The number of rotatable bonds is 4. The molecular weight excluding hydrogens is 315 g/mol. The van der Waals surface area contributed by atoms with Crippen molar-refractivity contribution >= 4 is 23.5 Å². The second kappa shape index (κ2) is 7.76. The van der Waals surface area contributed by atoms with Gasteiger partial charge in [0.2, 0.25) is 5.91 Å². The Morgan fingerprint density at radius 3 is 2.33 bits per heavy atom. The summed E-state index contributed by atoms with van der Waals surface area (Å²) in [5.74, 6) is -1.63. The molecule has 0 saturated carbocycles. The number of anilines is 1.